The number of benzene rings is 1. The molecule has 1 aromatic rings. The van der Waals surface area contributed by atoms with Gasteiger partial charge in [0.2, 0.25) is 0 Å². The molecule has 2 unspecified atom stereocenters. The first-order valence-electron chi connectivity index (χ1n) is 6.80. The van der Waals surface area contributed by atoms with Crippen LogP contribution in [-0.2, 0) is 6.42 Å². The molecular weight excluding hydrogens is 222 g/mol. The van der Waals surface area contributed by atoms with Gasteiger partial charge < -0.3 is 15.5 Å². The number of nitrogens with zero attached hydrogens (tertiary/aromatic N) is 2. The molecule has 1 heterocycles. The van der Waals surface area contributed by atoms with Crippen molar-refractivity contribution in [3.63, 3.8) is 0 Å². The van der Waals surface area contributed by atoms with Crippen LogP contribution >= 0.6 is 0 Å². The van der Waals surface area contributed by atoms with Gasteiger partial charge in [0.15, 0.2) is 0 Å². The lowest BCUT2D eigenvalue weighted by molar-refractivity contribution is 0.253. The van der Waals surface area contributed by atoms with Crippen molar-refractivity contribution in [1.29, 1.82) is 0 Å². The molecule has 1 aliphatic heterocycles. The number of hydrogen-bond acceptors (Lipinski definition) is 3. The van der Waals surface area contributed by atoms with E-state index in [0.29, 0.717) is 6.04 Å². The number of para-hydroxylation sites is 1. The van der Waals surface area contributed by atoms with Gasteiger partial charge in [-0.3, -0.25) is 0 Å². The largest absolute Gasteiger partial charge is 0.399 e. The second-order valence-corrected chi connectivity index (χ2v) is 5.72. The summed E-state index contributed by atoms with van der Waals surface area (Å²) in [6, 6.07) is 8.89. The van der Waals surface area contributed by atoms with Crippen molar-refractivity contribution < 1.29 is 0 Å². The van der Waals surface area contributed by atoms with Crippen molar-refractivity contribution in [2.75, 3.05) is 39.5 Å². The van der Waals surface area contributed by atoms with Crippen LogP contribution in [0.1, 0.15) is 12.5 Å². The molecule has 1 saturated heterocycles. The minimum atomic E-state index is 0.693. The maximum absolute atomic E-state index is 5.98. The molecule has 3 nitrogen and oxygen atoms in total. The summed E-state index contributed by atoms with van der Waals surface area (Å²) in [5.41, 5.74) is 8.18. The summed E-state index contributed by atoms with van der Waals surface area (Å²) in [5, 5.41) is 0. The molecule has 0 aromatic heterocycles. The topological polar surface area (TPSA) is 32.5 Å². The Balaban J connectivity index is 1.87. The summed E-state index contributed by atoms with van der Waals surface area (Å²) >= 11 is 0. The minimum absolute atomic E-state index is 0.693. The number of likely N-dealkylation sites (N-methyl/N-ethyl adjacent to an activating group) is 1. The Morgan fingerprint density at radius 2 is 2.00 bits per heavy atom. The van der Waals surface area contributed by atoms with Crippen LogP contribution in [0.4, 0.5) is 5.69 Å². The second kappa shape index (κ2) is 5.72. The van der Waals surface area contributed by atoms with Gasteiger partial charge in [0.05, 0.1) is 0 Å². The summed E-state index contributed by atoms with van der Waals surface area (Å²) in [6.45, 7) is 5.85. The number of likely N-dealkylation sites (tertiary alicyclic amines) is 1. The van der Waals surface area contributed by atoms with E-state index in [1.54, 1.807) is 0 Å². The zero-order chi connectivity index (χ0) is 13.1. The highest BCUT2D eigenvalue weighted by atomic mass is 15.2. The summed E-state index contributed by atoms with van der Waals surface area (Å²) in [7, 11) is 4.36. The van der Waals surface area contributed by atoms with Gasteiger partial charge in [-0.1, -0.05) is 25.1 Å². The molecule has 0 aliphatic carbocycles. The lowest BCUT2D eigenvalue weighted by Gasteiger charge is -2.22. The smallest absolute Gasteiger partial charge is 0.0347 e. The van der Waals surface area contributed by atoms with Crippen LogP contribution in [0.15, 0.2) is 24.3 Å². The summed E-state index contributed by atoms with van der Waals surface area (Å²) in [6.07, 6.45) is 1.06. The van der Waals surface area contributed by atoms with Crippen molar-refractivity contribution >= 4 is 5.69 Å². The number of nitrogen functional groups attached to an aromatic ring is 1. The molecule has 3 heteroatoms. The monoisotopic (exact) mass is 247 g/mol. The van der Waals surface area contributed by atoms with E-state index in [4.69, 9.17) is 5.73 Å². The van der Waals surface area contributed by atoms with Crippen molar-refractivity contribution in [3.05, 3.63) is 29.8 Å². The maximum Gasteiger partial charge on any atom is 0.0347 e. The first kappa shape index (κ1) is 13.4. The Bertz CT molecular complexity index is 389. The standard InChI is InChI=1S/C15H25N3/c1-12-10-18(11-15(12)17(2)3)9-8-13-6-4-5-7-14(13)16/h4-7,12,15H,8-11,16H2,1-3H3. The van der Waals surface area contributed by atoms with Crippen molar-refractivity contribution in [2.24, 2.45) is 5.92 Å². The third-order valence-corrected chi connectivity index (χ3v) is 4.06. The molecule has 0 amide bonds. The first-order valence-corrected chi connectivity index (χ1v) is 6.80. The Kier molecular flexibility index (Phi) is 4.25. The van der Waals surface area contributed by atoms with Crippen LogP contribution in [0.2, 0.25) is 0 Å². The molecule has 18 heavy (non-hydrogen) atoms. The molecule has 2 rings (SSSR count). The second-order valence-electron chi connectivity index (χ2n) is 5.72. The molecule has 2 atom stereocenters. The Labute approximate surface area is 111 Å². The normalized spacial score (nSPS) is 24.9. The molecule has 1 fully saturated rings. The van der Waals surface area contributed by atoms with E-state index < -0.39 is 0 Å². The molecule has 0 bridgehead atoms. The van der Waals surface area contributed by atoms with Gasteiger partial charge in [0.25, 0.3) is 0 Å². The zero-order valence-electron chi connectivity index (χ0n) is 11.8. The fourth-order valence-electron chi connectivity index (χ4n) is 2.94. The molecule has 0 radical (unpaired) electrons. The maximum atomic E-state index is 5.98. The average molecular weight is 247 g/mol. The highest BCUT2D eigenvalue weighted by molar-refractivity contribution is 5.46. The van der Waals surface area contributed by atoms with Crippen LogP contribution in [0.5, 0.6) is 0 Å². The molecule has 2 N–H and O–H groups in total. The number of anilines is 1. The third kappa shape index (κ3) is 3.03. The SMILES string of the molecule is CC1CN(CCc2ccccc2N)CC1N(C)C. The van der Waals surface area contributed by atoms with E-state index in [0.717, 1.165) is 24.6 Å². The highest BCUT2D eigenvalue weighted by Gasteiger charge is 2.30. The number of rotatable bonds is 4. The Morgan fingerprint density at radius 3 is 2.61 bits per heavy atom. The lowest BCUT2D eigenvalue weighted by Crippen LogP contribution is -2.34. The van der Waals surface area contributed by atoms with Crippen molar-refractivity contribution in [1.82, 2.24) is 9.80 Å². The molecule has 100 valence electrons. The predicted molar refractivity (Wildman–Crippen MR) is 77.6 cm³/mol. The van der Waals surface area contributed by atoms with E-state index >= 15 is 0 Å². The Hall–Kier alpha value is -1.06. The summed E-state index contributed by atoms with van der Waals surface area (Å²) in [4.78, 5) is 4.91. The molecule has 0 spiro atoms. The van der Waals surface area contributed by atoms with E-state index in [1.807, 2.05) is 12.1 Å². The predicted octanol–water partition coefficient (Wildman–Crippen LogP) is 1.69. The van der Waals surface area contributed by atoms with Gasteiger partial charge in [-0.2, -0.15) is 0 Å². The van der Waals surface area contributed by atoms with Crippen LogP contribution in [0.25, 0.3) is 0 Å². The first-order chi connectivity index (χ1) is 8.58. The van der Waals surface area contributed by atoms with Crippen LogP contribution in [0, 0.1) is 5.92 Å². The fourth-order valence-corrected chi connectivity index (χ4v) is 2.94. The number of hydrogen-bond donors (Lipinski definition) is 1. The van der Waals surface area contributed by atoms with Crippen LogP contribution in [0.3, 0.4) is 0 Å². The van der Waals surface area contributed by atoms with Crippen molar-refractivity contribution in [2.45, 2.75) is 19.4 Å². The Morgan fingerprint density at radius 1 is 1.28 bits per heavy atom. The highest BCUT2D eigenvalue weighted by Crippen LogP contribution is 2.20. The minimum Gasteiger partial charge on any atom is -0.399 e. The number of nitrogens with two attached hydrogens (primary N) is 1. The molecular formula is C15H25N3. The lowest BCUT2D eigenvalue weighted by atomic mass is 10.1. The van der Waals surface area contributed by atoms with Crippen LogP contribution in [-0.4, -0.2) is 49.6 Å². The summed E-state index contributed by atoms with van der Waals surface area (Å²) in [5.74, 6) is 0.758. The van der Waals surface area contributed by atoms with E-state index in [1.165, 1.54) is 18.7 Å². The average Bonchev–Trinajstić information content (AvgIpc) is 2.70. The van der Waals surface area contributed by atoms with Gasteiger partial charge in [-0.15, -0.1) is 0 Å². The molecule has 0 saturated carbocycles. The van der Waals surface area contributed by atoms with Crippen LogP contribution < -0.4 is 5.73 Å². The van der Waals surface area contributed by atoms with E-state index in [-0.39, 0.29) is 0 Å². The molecule has 1 aliphatic rings. The third-order valence-electron chi connectivity index (χ3n) is 4.06. The van der Waals surface area contributed by atoms with Gasteiger partial charge >= 0.3 is 0 Å². The zero-order valence-corrected chi connectivity index (χ0v) is 11.8. The van der Waals surface area contributed by atoms with Gasteiger partial charge in [-0.25, -0.2) is 0 Å². The van der Waals surface area contributed by atoms with Gasteiger partial charge in [-0.05, 0) is 38.1 Å². The fraction of sp³-hybridized carbons (Fsp3) is 0.600. The van der Waals surface area contributed by atoms with Crippen molar-refractivity contribution in [3.8, 4) is 0 Å². The molecule has 1 aromatic carbocycles. The summed E-state index contributed by atoms with van der Waals surface area (Å²) < 4.78 is 0. The van der Waals surface area contributed by atoms with E-state index in [2.05, 4.69) is 43.0 Å². The van der Waals surface area contributed by atoms with Gasteiger partial charge in [0, 0.05) is 31.4 Å². The van der Waals surface area contributed by atoms with E-state index in [9.17, 15) is 0 Å². The quantitative estimate of drug-likeness (QED) is 0.822. The van der Waals surface area contributed by atoms with Gasteiger partial charge in [0.1, 0.15) is 0 Å².